The van der Waals surface area contributed by atoms with Crippen molar-refractivity contribution in [2.75, 3.05) is 16.4 Å². The molecule has 33 heavy (non-hydrogen) atoms. The Labute approximate surface area is 201 Å². The Balaban J connectivity index is 1.57. The minimum atomic E-state index is -0.702. The molecule has 8 heteroatoms. The SMILES string of the molecule is Nc1ccc(NC(=O)C=C2CC(C(=O)OCc3ccccc3)Nc3cc(Cl)cc(Cl)c32)cc1. The molecule has 1 amide bonds. The minimum Gasteiger partial charge on any atom is -0.459 e. The normalized spacial score (nSPS) is 15.9. The van der Waals surface area contributed by atoms with Crippen LogP contribution in [-0.4, -0.2) is 17.9 Å². The number of fused-ring (bicyclic) bond motifs is 1. The van der Waals surface area contributed by atoms with Gasteiger partial charge in [0.25, 0.3) is 0 Å². The minimum absolute atomic E-state index is 0.150. The molecule has 0 saturated carbocycles. The Hall–Kier alpha value is -3.48. The van der Waals surface area contributed by atoms with E-state index in [1.165, 1.54) is 6.08 Å². The maximum absolute atomic E-state index is 12.8. The number of rotatable bonds is 5. The van der Waals surface area contributed by atoms with E-state index >= 15 is 0 Å². The predicted octanol–water partition coefficient (Wildman–Crippen LogP) is 5.53. The highest BCUT2D eigenvalue weighted by Gasteiger charge is 2.30. The third-order valence-corrected chi connectivity index (χ3v) is 5.64. The zero-order chi connectivity index (χ0) is 23.4. The average Bonchev–Trinajstić information content (AvgIpc) is 2.79. The zero-order valence-corrected chi connectivity index (χ0v) is 19.0. The molecule has 0 bridgehead atoms. The first-order valence-corrected chi connectivity index (χ1v) is 11.0. The van der Waals surface area contributed by atoms with Gasteiger partial charge in [-0.05, 0) is 47.5 Å². The second-order valence-corrected chi connectivity index (χ2v) is 8.43. The molecule has 3 aromatic carbocycles. The number of nitrogen functional groups attached to an aromatic ring is 1. The number of carbonyl (C=O) groups excluding carboxylic acids is 2. The van der Waals surface area contributed by atoms with Crippen molar-refractivity contribution in [3.8, 4) is 0 Å². The quantitative estimate of drug-likeness (QED) is 0.253. The van der Waals surface area contributed by atoms with Crippen molar-refractivity contribution >= 4 is 57.7 Å². The fraction of sp³-hybridized carbons (Fsp3) is 0.120. The first-order valence-electron chi connectivity index (χ1n) is 10.2. The van der Waals surface area contributed by atoms with Crippen molar-refractivity contribution in [3.05, 3.63) is 94.0 Å². The molecule has 1 unspecified atom stereocenters. The van der Waals surface area contributed by atoms with Gasteiger partial charge >= 0.3 is 5.97 Å². The molecular weight excluding hydrogens is 461 g/mol. The number of ether oxygens (including phenoxy) is 1. The molecule has 4 N–H and O–H groups in total. The van der Waals surface area contributed by atoms with E-state index in [9.17, 15) is 9.59 Å². The van der Waals surface area contributed by atoms with Gasteiger partial charge in [-0.2, -0.15) is 0 Å². The third kappa shape index (κ3) is 5.66. The Morgan fingerprint density at radius 3 is 2.55 bits per heavy atom. The molecule has 0 saturated heterocycles. The largest absolute Gasteiger partial charge is 0.459 e. The van der Waals surface area contributed by atoms with Crippen LogP contribution in [0.25, 0.3) is 5.57 Å². The van der Waals surface area contributed by atoms with E-state index in [-0.39, 0.29) is 18.9 Å². The molecule has 4 rings (SSSR count). The predicted molar refractivity (Wildman–Crippen MR) is 132 cm³/mol. The highest BCUT2D eigenvalue weighted by atomic mass is 35.5. The number of hydrogen-bond donors (Lipinski definition) is 3. The summed E-state index contributed by atoms with van der Waals surface area (Å²) in [5.74, 6) is -0.796. The first kappa shape index (κ1) is 22.7. The van der Waals surface area contributed by atoms with Crippen molar-refractivity contribution in [2.24, 2.45) is 0 Å². The maximum atomic E-state index is 12.8. The van der Waals surface area contributed by atoms with Crippen molar-refractivity contribution in [3.63, 3.8) is 0 Å². The van der Waals surface area contributed by atoms with Gasteiger partial charge in [-0.25, -0.2) is 4.79 Å². The lowest BCUT2D eigenvalue weighted by molar-refractivity contribution is -0.145. The Bertz CT molecular complexity index is 1210. The lowest BCUT2D eigenvalue weighted by Gasteiger charge is -2.28. The van der Waals surface area contributed by atoms with Crippen molar-refractivity contribution < 1.29 is 14.3 Å². The maximum Gasteiger partial charge on any atom is 0.329 e. The van der Waals surface area contributed by atoms with Gasteiger partial charge in [0, 0.05) is 40.1 Å². The van der Waals surface area contributed by atoms with Crippen molar-refractivity contribution in [1.29, 1.82) is 0 Å². The number of carbonyl (C=O) groups is 2. The summed E-state index contributed by atoms with van der Waals surface area (Å²) in [6.07, 6.45) is 1.66. The number of benzene rings is 3. The number of hydrogen-bond acceptors (Lipinski definition) is 5. The smallest absolute Gasteiger partial charge is 0.329 e. The van der Waals surface area contributed by atoms with Crippen LogP contribution in [0.1, 0.15) is 17.5 Å². The number of amides is 1. The Morgan fingerprint density at radius 1 is 1.09 bits per heavy atom. The topological polar surface area (TPSA) is 93.5 Å². The highest BCUT2D eigenvalue weighted by Crippen LogP contribution is 2.40. The highest BCUT2D eigenvalue weighted by molar-refractivity contribution is 6.36. The van der Waals surface area contributed by atoms with E-state index in [0.717, 1.165) is 5.56 Å². The molecule has 1 atom stereocenters. The van der Waals surface area contributed by atoms with E-state index in [2.05, 4.69) is 10.6 Å². The molecule has 1 aliphatic heterocycles. The number of esters is 1. The number of nitrogens with one attached hydrogen (secondary N) is 2. The number of nitrogens with two attached hydrogens (primary N) is 1. The van der Waals surface area contributed by atoms with Crippen LogP contribution in [0.2, 0.25) is 10.0 Å². The van der Waals surface area contributed by atoms with Gasteiger partial charge in [-0.1, -0.05) is 53.5 Å². The van der Waals surface area contributed by atoms with Gasteiger partial charge in [0.15, 0.2) is 0 Å². The fourth-order valence-corrected chi connectivity index (χ4v) is 4.19. The summed E-state index contributed by atoms with van der Waals surface area (Å²) in [4.78, 5) is 25.5. The molecule has 0 aromatic heterocycles. The van der Waals surface area contributed by atoms with Gasteiger partial charge in [0.2, 0.25) is 5.91 Å². The average molecular weight is 482 g/mol. The lowest BCUT2D eigenvalue weighted by atomic mass is 9.91. The zero-order valence-electron chi connectivity index (χ0n) is 17.5. The third-order valence-electron chi connectivity index (χ3n) is 5.12. The van der Waals surface area contributed by atoms with Gasteiger partial charge < -0.3 is 21.1 Å². The molecule has 1 aliphatic rings. The van der Waals surface area contributed by atoms with Crippen LogP contribution in [0.5, 0.6) is 0 Å². The van der Waals surface area contributed by atoms with E-state index in [0.29, 0.717) is 38.2 Å². The van der Waals surface area contributed by atoms with E-state index in [1.807, 2.05) is 30.3 Å². The van der Waals surface area contributed by atoms with Crippen LogP contribution in [0.4, 0.5) is 17.1 Å². The second-order valence-electron chi connectivity index (χ2n) is 7.59. The van der Waals surface area contributed by atoms with Crippen LogP contribution in [0.3, 0.4) is 0 Å². The number of halogens is 2. The Kier molecular flexibility index (Phi) is 6.87. The second kappa shape index (κ2) is 9.98. The summed E-state index contributed by atoms with van der Waals surface area (Å²) < 4.78 is 5.50. The monoisotopic (exact) mass is 481 g/mol. The van der Waals surface area contributed by atoms with Crippen LogP contribution in [0, 0.1) is 0 Å². The summed E-state index contributed by atoms with van der Waals surface area (Å²) >= 11 is 12.6. The van der Waals surface area contributed by atoms with Crippen LogP contribution >= 0.6 is 23.2 Å². The molecule has 0 fully saturated rings. The fourth-order valence-electron chi connectivity index (χ4n) is 3.58. The number of anilines is 3. The van der Waals surface area contributed by atoms with E-state index in [4.69, 9.17) is 33.7 Å². The van der Waals surface area contributed by atoms with Gasteiger partial charge in [0.05, 0.1) is 5.02 Å². The first-order chi connectivity index (χ1) is 15.9. The van der Waals surface area contributed by atoms with Crippen LogP contribution in [-0.2, 0) is 20.9 Å². The lowest BCUT2D eigenvalue weighted by Crippen LogP contribution is -2.35. The summed E-state index contributed by atoms with van der Waals surface area (Å²) in [6, 6.07) is 18.8. The molecule has 168 valence electrons. The van der Waals surface area contributed by atoms with Crippen LogP contribution in [0.15, 0.2) is 72.8 Å². The molecule has 0 radical (unpaired) electrons. The molecular formula is C25H21Cl2N3O3. The molecule has 1 heterocycles. The summed E-state index contributed by atoms with van der Waals surface area (Å²) in [5.41, 5.74) is 9.55. The molecule has 6 nitrogen and oxygen atoms in total. The standard InChI is InChI=1S/C25H21Cl2N3O3/c26-17-12-20(27)24-16(11-23(31)29-19-8-6-18(28)7-9-19)10-22(30-21(24)13-17)25(32)33-14-15-4-2-1-3-5-15/h1-9,11-13,22,30H,10,14,28H2,(H,29,31). The molecule has 3 aromatic rings. The summed E-state index contributed by atoms with van der Waals surface area (Å²) in [5, 5.41) is 6.73. The molecule has 0 spiro atoms. The molecule has 0 aliphatic carbocycles. The summed E-state index contributed by atoms with van der Waals surface area (Å²) in [7, 11) is 0. The Morgan fingerprint density at radius 2 is 1.82 bits per heavy atom. The van der Waals surface area contributed by atoms with Crippen molar-refractivity contribution in [2.45, 2.75) is 19.1 Å². The van der Waals surface area contributed by atoms with E-state index < -0.39 is 12.0 Å². The van der Waals surface area contributed by atoms with Gasteiger partial charge in [-0.15, -0.1) is 0 Å². The van der Waals surface area contributed by atoms with Crippen LogP contribution < -0.4 is 16.4 Å². The van der Waals surface area contributed by atoms with Crippen molar-refractivity contribution in [1.82, 2.24) is 0 Å². The van der Waals surface area contributed by atoms with Gasteiger partial charge in [-0.3, -0.25) is 4.79 Å². The van der Waals surface area contributed by atoms with E-state index in [1.54, 1.807) is 36.4 Å². The van der Waals surface area contributed by atoms with Gasteiger partial charge in [0.1, 0.15) is 12.6 Å². The summed E-state index contributed by atoms with van der Waals surface area (Å²) in [6.45, 7) is 0.150.